The summed E-state index contributed by atoms with van der Waals surface area (Å²) in [5.41, 5.74) is 20.4. The Morgan fingerprint density at radius 2 is 1.15 bits per heavy atom. The second kappa shape index (κ2) is 13.5. The summed E-state index contributed by atoms with van der Waals surface area (Å²) in [5.74, 6) is 0. The zero-order valence-corrected chi connectivity index (χ0v) is 27.0. The maximum atomic E-state index is 7.09. The van der Waals surface area contributed by atoms with Gasteiger partial charge in [-0.1, -0.05) is 116 Å². The van der Waals surface area contributed by atoms with Gasteiger partial charge >= 0.3 is 0 Å². The first-order chi connectivity index (χ1) is 23.7. The van der Waals surface area contributed by atoms with Crippen LogP contribution in [0.1, 0.15) is 17.8 Å². The number of anilines is 1. The van der Waals surface area contributed by atoms with Crippen LogP contribution in [0.15, 0.2) is 176 Å². The molecular formula is C43H39N5. The van der Waals surface area contributed by atoms with Crippen molar-refractivity contribution < 1.29 is 0 Å². The minimum absolute atomic E-state index is 0.105. The third-order valence-electron chi connectivity index (χ3n) is 8.91. The summed E-state index contributed by atoms with van der Waals surface area (Å²) >= 11 is 0. The number of nitrogens with one attached hydrogen (secondary N) is 1. The molecule has 2 atom stereocenters. The predicted molar refractivity (Wildman–Crippen MR) is 205 cm³/mol. The summed E-state index contributed by atoms with van der Waals surface area (Å²) in [6, 6.07) is 53.0. The smallest absolute Gasteiger partial charge is 0.101 e. The second-order valence-electron chi connectivity index (χ2n) is 11.7. The molecule has 6 aromatic carbocycles. The molecule has 0 aliphatic heterocycles. The van der Waals surface area contributed by atoms with Crippen LogP contribution < -0.4 is 16.8 Å². The lowest BCUT2D eigenvalue weighted by atomic mass is 9.98. The van der Waals surface area contributed by atoms with Crippen LogP contribution in [0.4, 0.5) is 5.69 Å². The van der Waals surface area contributed by atoms with Crippen molar-refractivity contribution in [2.45, 2.75) is 12.2 Å². The van der Waals surface area contributed by atoms with E-state index in [9.17, 15) is 0 Å². The number of benzene rings is 6. The van der Waals surface area contributed by atoms with Crippen LogP contribution in [0.2, 0.25) is 0 Å². The van der Waals surface area contributed by atoms with Crippen LogP contribution in [-0.4, -0.2) is 16.2 Å². The maximum Gasteiger partial charge on any atom is 0.101 e. The standard InChI is InChI=1S/C42H34N4.CH5N/c1-29(42(30-15-5-2-6-16-30)44-31-17-7-3-8-18-31)25-26-41(43)46-38-24-14-12-22-34(38)36-27-35-33-21-11-13-23-37(33)45(39(35)28-40(36)46)32-19-9-4-10-20-32;1-2/h2-28,41-42,44H,1,43H2;2H2,1H3/b26-25-;. The fraction of sp³-hybridized carbons (Fsp3) is 0.0698. The molecule has 2 aromatic heterocycles. The molecular weight excluding hydrogens is 587 g/mol. The van der Waals surface area contributed by atoms with E-state index in [4.69, 9.17) is 5.73 Å². The Hall–Kier alpha value is -5.88. The SMILES string of the molecule is C=C(/C=C\C(N)n1c2ccccc2c2cc3c4ccccc4n(-c4ccccc4)c3cc21)C(Nc1ccccc1)c1ccccc1.CN. The van der Waals surface area contributed by atoms with Gasteiger partial charge in [-0.25, -0.2) is 0 Å². The van der Waals surface area contributed by atoms with E-state index >= 15 is 0 Å². The van der Waals surface area contributed by atoms with E-state index in [2.05, 4.69) is 166 Å². The zero-order chi connectivity index (χ0) is 33.0. The predicted octanol–water partition coefficient (Wildman–Crippen LogP) is 9.89. The molecule has 0 radical (unpaired) electrons. The minimum atomic E-state index is -0.417. The quantitative estimate of drug-likeness (QED) is 0.147. The van der Waals surface area contributed by atoms with Crippen LogP contribution in [0, 0.1) is 0 Å². The van der Waals surface area contributed by atoms with E-state index in [-0.39, 0.29) is 6.04 Å². The fourth-order valence-electron chi connectivity index (χ4n) is 6.78. The molecule has 5 N–H and O–H groups in total. The van der Waals surface area contributed by atoms with E-state index in [0.29, 0.717) is 0 Å². The summed E-state index contributed by atoms with van der Waals surface area (Å²) < 4.78 is 4.61. The molecule has 2 heterocycles. The zero-order valence-electron chi connectivity index (χ0n) is 27.0. The molecule has 0 bridgehead atoms. The molecule has 8 rings (SSSR count). The first-order valence-corrected chi connectivity index (χ1v) is 16.3. The number of hydrogen-bond acceptors (Lipinski definition) is 3. The van der Waals surface area contributed by atoms with E-state index in [0.717, 1.165) is 39.1 Å². The summed E-state index contributed by atoms with van der Waals surface area (Å²) in [7, 11) is 1.50. The lowest BCUT2D eigenvalue weighted by molar-refractivity contribution is 0.675. The number of aromatic nitrogens is 2. The Labute approximate surface area is 281 Å². The van der Waals surface area contributed by atoms with Gasteiger partial charge in [0, 0.05) is 32.9 Å². The number of rotatable bonds is 8. The monoisotopic (exact) mass is 625 g/mol. The average Bonchev–Trinajstić information content (AvgIpc) is 3.66. The molecule has 0 fully saturated rings. The van der Waals surface area contributed by atoms with E-state index in [1.54, 1.807) is 0 Å². The van der Waals surface area contributed by atoms with E-state index < -0.39 is 6.17 Å². The molecule has 236 valence electrons. The van der Waals surface area contributed by atoms with Gasteiger partial charge in [0.1, 0.15) is 6.17 Å². The molecule has 5 nitrogen and oxygen atoms in total. The molecule has 48 heavy (non-hydrogen) atoms. The molecule has 5 heteroatoms. The van der Waals surface area contributed by atoms with Crippen LogP contribution in [0.3, 0.4) is 0 Å². The van der Waals surface area contributed by atoms with Crippen molar-refractivity contribution in [2.75, 3.05) is 12.4 Å². The molecule has 0 amide bonds. The van der Waals surface area contributed by atoms with Gasteiger partial charge in [0.15, 0.2) is 0 Å². The Kier molecular flexibility index (Phi) is 8.63. The van der Waals surface area contributed by atoms with Gasteiger partial charge in [0.05, 0.1) is 28.1 Å². The molecule has 0 saturated carbocycles. The van der Waals surface area contributed by atoms with Gasteiger partial charge < -0.3 is 25.9 Å². The van der Waals surface area contributed by atoms with Crippen molar-refractivity contribution in [1.29, 1.82) is 0 Å². The average molecular weight is 626 g/mol. The van der Waals surface area contributed by atoms with Gasteiger partial charge in [-0.2, -0.15) is 0 Å². The first kappa shape index (κ1) is 30.8. The molecule has 2 unspecified atom stereocenters. The van der Waals surface area contributed by atoms with Crippen LogP contribution in [-0.2, 0) is 0 Å². The summed E-state index contributed by atoms with van der Waals surface area (Å²) in [4.78, 5) is 0. The molecule has 0 aliphatic rings. The van der Waals surface area contributed by atoms with Crippen molar-refractivity contribution in [1.82, 2.24) is 9.13 Å². The summed E-state index contributed by atoms with van der Waals surface area (Å²) in [6.07, 6.45) is 3.71. The third kappa shape index (κ3) is 5.56. The van der Waals surface area contributed by atoms with Crippen molar-refractivity contribution in [3.63, 3.8) is 0 Å². The van der Waals surface area contributed by atoms with Crippen molar-refractivity contribution >= 4 is 49.3 Å². The highest BCUT2D eigenvalue weighted by Crippen LogP contribution is 2.39. The largest absolute Gasteiger partial charge is 0.374 e. The summed E-state index contributed by atoms with van der Waals surface area (Å²) in [6.45, 7) is 4.50. The van der Waals surface area contributed by atoms with Crippen LogP contribution >= 0.6 is 0 Å². The lowest BCUT2D eigenvalue weighted by Gasteiger charge is -2.22. The Morgan fingerprint density at radius 1 is 0.604 bits per heavy atom. The van der Waals surface area contributed by atoms with Gasteiger partial charge in [-0.3, -0.25) is 0 Å². The van der Waals surface area contributed by atoms with E-state index in [1.807, 2.05) is 24.3 Å². The van der Waals surface area contributed by atoms with Gasteiger partial charge in [-0.05, 0) is 72.8 Å². The maximum absolute atomic E-state index is 7.09. The van der Waals surface area contributed by atoms with Crippen molar-refractivity contribution in [3.8, 4) is 5.69 Å². The number of nitrogens with two attached hydrogens (primary N) is 2. The van der Waals surface area contributed by atoms with Crippen molar-refractivity contribution in [3.05, 3.63) is 182 Å². The highest BCUT2D eigenvalue weighted by Gasteiger charge is 2.20. The molecule has 0 spiro atoms. The molecule has 8 aromatic rings. The highest BCUT2D eigenvalue weighted by atomic mass is 15.1. The number of hydrogen-bond donors (Lipinski definition) is 3. The van der Waals surface area contributed by atoms with Gasteiger partial charge in [0.25, 0.3) is 0 Å². The van der Waals surface area contributed by atoms with Gasteiger partial charge in [-0.15, -0.1) is 0 Å². The number of fused-ring (bicyclic) bond motifs is 6. The molecule has 0 aliphatic carbocycles. The van der Waals surface area contributed by atoms with Crippen LogP contribution in [0.25, 0.3) is 49.3 Å². The molecule has 0 saturated heterocycles. The number of para-hydroxylation sites is 4. The topological polar surface area (TPSA) is 73.9 Å². The normalized spacial score (nSPS) is 12.7. The highest BCUT2D eigenvalue weighted by molar-refractivity contribution is 6.18. The van der Waals surface area contributed by atoms with Gasteiger partial charge in [0.2, 0.25) is 0 Å². The first-order valence-electron chi connectivity index (χ1n) is 16.3. The van der Waals surface area contributed by atoms with Crippen molar-refractivity contribution in [2.24, 2.45) is 11.5 Å². The number of nitrogens with zero attached hydrogens (tertiary/aromatic N) is 2. The minimum Gasteiger partial charge on any atom is -0.374 e. The van der Waals surface area contributed by atoms with E-state index in [1.165, 1.54) is 34.1 Å². The summed E-state index contributed by atoms with van der Waals surface area (Å²) in [5, 5.41) is 8.50. The Balaban J connectivity index is 0.00000179. The third-order valence-corrected chi connectivity index (χ3v) is 8.91. The Bertz CT molecular complexity index is 2370. The van der Waals surface area contributed by atoms with Crippen LogP contribution in [0.5, 0.6) is 0 Å². The second-order valence-corrected chi connectivity index (χ2v) is 11.7. The Morgan fingerprint density at radius 3 is 1.83 bits per heavy atom. The lowest BCUT2D eigenvalue weighted by Crippen LogP contribution is -2.17. The fourth-order valence-corrected chi connectivity index (χ4v) is 6.78.